The first kappa shape index (κ1) is 12.1. The third-order valence-corrected chi connectivity index (χ3v) is 3.45. The first-order valence-corrected chi connectivity index (χ1v) is 5.57. The normalized spacial score (nSPS) is 16.4. The average molecular weight is 197 g/mol. The Balaban J connectivity index is 4.06. The van der Waals surface area contributed by atoms with Crippen molar-refractivity contribution in [1.29, 1.82) is 0 Å². The molecular weight excluding hydrogens is 181 g/mol. The van der Waals surface area contributed by atoms with E-state index in [0.717, 1.165) is 0 Å². The van der Waals surface area contributed by atoms with Crippen molar-refractivity contribution in [1.82, 2.24) is 0 Å². The molecule has 0 aliphatic rings. The van der Waals surface area contributed by atoms with Crippen molar-refractivity contribution in [3.8, 4) is 0 Å². The second kappa shape index (κ2) is 5.67. The quantitative estimate of drug-likeness (QED) is 0.469. The maximum Gasteiger partial charge on any atom is 0.255 e. The fraction of sp³-hybridized carbons (Fsp3) is 1.00. The monoisotopic (exact) mass is 197 g/mol. The molecule has 0 spiro atoms. The third-order valence-electron chi connectivity index (χ3n) is 1.42. The zero-order valence-corrected chi connectivity index (χ0v) is 8.29. The average Bonchev–Trinajstić information content (AvgIpc) is 2.03. The van der Waals surface area contributed by atoms with Gasteiger partial charge in [-0.2, -0.15) is 0 Å². The molecule has 0 amide bonds. The maximum absolute atomic E-state index is 11.4. The van der Waals surface area contributed by atoms with Gasteiger partial charge in [-0.25, -0.2) is 0 Å². The Morgan fingerprint density at radius 2 is 2.00 bits per heavy atom. The van der Waals surface area contributed by atoms with Crippen molar-refractivity contribution in [2.24, 2.45) is 5.73 Å². The second-order valence-corrected chi connectivity index (χ2v) is 4.78. The van der Waals surface area contributed by atoms with Crippen molar-refractivity contribution in [3.05, 3.63) is 0 Å². The molecule has 0 radical (unpaired) electrons. The Bertz CT molecular complexity index is 160. The zero-order valence-electron chi connectivity index (χ0n) is 7.40. The summed E-state index contributed by atoms with van der Waals surface area (Å²) >= 11 is 0. The summed E-state index contributed by atoms with van der Waals surface area (Å²) in [6.07, 6.45) is 0.632. The predicted octanol–water partition coefficient (Wildman–Crippen LogP) is 0.182. The van der Waals surface area contributed by atoms with E-state index < -0.39 is 13.4 Å². The van der Waals surface area contributed by atoms with E-state index in [1.54, 1.807) is 0 Å². The summed E-state index contributed by atoms with van der Waals surface area (Å²) in [7, 11) is -0.678. The highest BCUT2D eigenvalue weighted by Gasteiger charge is 2.30. The third kappa shape index (κ3) is 3.65. The zero-order chi connectivity index (χ0) is 9.61. The number of hydrogen-bond acceptors (Lipinski definition) is 4. The fourth-order valence-corrected chi connectivity index (χ4v) is 2.35. The van der Waals surface area contributed by atoms with Crippen LogP contribution in [0, 0.1) is 0 Å². The molecule has 0 aromatic carbocycles. The van der Waals surface area contributed by atoms with Crippen molar-refractivity contribution in [3.63, 3.8) is 0 Å². The van der Waals surface area contributed by atoms with E-state index in [0.29, 0.717) is 13.0 Å². The lowest BCUT2D eigenvalue weighted by atomic mass is 10.5. The standard InChI is InChI=1S/C6H16NO4P/c1-10-6(11-2)12(8,9)5-3-4-7/h6H,3-5,7H2,1-2H3,(H,8,9). The SMILES string of the molecule is COC(OC)P(=O)(O)CCCN. The van der Waals surface area contributed by atoms with Crippen molar-refractivity contribution in [2.75, 3.05) is 26.9 Å². The topological polar surface area (TPSA) is 81.8 Å². The van der Waals surface area contributed by atoms with Gasteiger partial charge in [0, 0.05) is 20.4 Å². The van der Waals surface area contributed by atoms with Crippen LogP contribution in [0.2, 0.25) is 0 Å². The molecule has 0 aromatic heterocycles. The van der Waals surface area contributed by atoms with Gasteiger partial charge >= 0.3 is 0 Å². The van der Waals surface area contributed by atoms with E-state index in [9.17, 15) is 9.46 Å². The van der Waals surface area contributed by atoms with Crippen molar-refractivity contribution >= 4 is 7.37 Å². The van der Waals surface area contributed by atoms with E-state index in [1.807, 2.05) is 0 Å². The molecule has 5 nitrogen and oxygen atoms in total. The van der Waals surface area contributed by atoms with Crippen LogP contribution in [-0.2, 0) is 14.0 Å². The van der Waals surface area contributed by atoms with Gasteiger partial charge < -0.3 is 20.1 Å². The van der Waals surface area contributed by atoms with Gasteiger partial charge in [-0.15, -0.1) is 0 Å². The van der Waals surface area contributed by atoms with Crippen LogP contribution in [0.5, 0.6) is 0 Å². The van der Waals surface area contributed by atoms with E-state index >= 15 is 0 Å². The number of hydrogen-bond donors (Lipinski definition) is 2. The Kier molecular flexibility index (Phi) is 5.70. The summed E-state index contributed by atoms with van der Waals surface area (Å²) in [6.45, 7) is 0.394. The van der Waals surface area contributed by atoms with Crippen LogP contribution in [0.25, 0.3) is 0 Å². The van der Waals surface area contributed by atoms with Crippen LogP contribution in [-0.4, -0.2) is 37.9 Å². The molecular formula is C6H16NO4P. The molecule has 74 valence electrons. The highest BCUT2D eigenvalue weighted by molar-refractivity contribution is 7.58. The minimum absolute atomic E-state index is 0.135. The molecule has 0 saturated carbocycles. The van der Waals surface area contributed by atoms with Gasteiger partial charge in [-0.05, 0) is 13.0 Å². The number of rotatable bonds is 6. The summed E-state index contributed by atoms with van der Waals surface area (Å²) < 4.78 is 20.8. The van der Waals surface area contributed by atoms with Gasteiger partial charge in [0.25, 0.3) is 7.37 Å². The van der Waals surface area contributed by atoms with Gasteiger partial charge in [0.2, 0.25) is 6.03 Å². The second-order valence-electron chi connectivity index (χ2n) is 2.40. The molecule has 0 heterocycles. The highest BCUT2D eigenvalue weighted by atomic mass is 31.2. The lowest BCUT2D eigenvalue weighted by molar-refractivity contribution is -0.0495. The first-order valence-electron chi connectivity index (χ1n) is 3.65. The smallest absolute Gasteiger partial charge is 0.255 e. The molecule has 0 aromatic rings. The van der Waals surface area contributed by atoms with E-state index in [1.165, 1.54) is 14.2 Å². The fourth-order valence-electron chi connectivity index (χ4n) is 0.849. The molecule has 1 unspecified atom stereocenters. The minimum Gasteiger partial charge on any atom is -0.348 e. The minimum atomic E-state index is -3.34. The largest absolute Gasteiger partial charge is 0.348 e. The van der Waals surface area contributed by atoms with Crippen LogP contribution in [0.1, 0.15) is 6.42 Å². The van der Waals surface area contributed by atoms with Gasteiger partial charge in [0.05, 0.1) is 0 Å². The lowest BCUT2D eigenvalue weighted by Crippen LogP contribution is -2.16. The molecule has 0 aliphatic carbocycles. The van der Waals surface area contributed by atoms with E-state index in [2.05, 4.69) is 9.47 Å². The molecule has 6 heteroatoms. The number of nitrogens with two attached hydrogens (primary N) is 1. The molecule has 0 saturated heterocycles. The Hall–Kier alpha value is 0.0700. The summed E-state index contributed by atoms with van der Waals surface area (Å²) in [5.74, 6) is 0. The Morgan fingerprint density at radius 1 is 1.50 bits per heavy atom. The number of methoxy groups -OCH3 is 2. The predicted molar refractivity (Wildman–Crippen MR) is 46.2 cm³/mol. The van der Waals surface area contributed by atoms with Crippen LogP contribution in [0.15, 0.2) is 0 Å². The molecule has 0 aliphatic heterocycles. The van der Waals surface area contributed by atoms with Crippen LogP contribution in [0.4, 0.5) is 0 Å². The Labute approximate surface area is 72.3 Å². The van der Waals surface area contributed by atoms with Crippen molar-refractivity contribution < 1.29 is 18.9 Å². The van der Waals surface area contributed by atoms with Gasteiger partial charge in [-0.1, -0.05) is 0 Å². The van der Waals surface area contributed by atoms with Crippen LogP contribution in [0.3, 0.4) is 0 Å². The van der Waals surface area contributed by atoms with Crippen molar-refractivity contribution in [2.45, 2.75) is 12.5 Å². The molecule has 0 rings (SSSR count). The Morgan fingerprint density at radius 3 is 2.33 bits per heavy atom. The van der Waals surface area contributed by atoms with E-state index in [4.69, 9.17) is 5.73 Å². The maximum atomic E-state index is 11.4. The van der Waals surface area contributed by atoms with Gasteiger partial charge in [0.1, 0.15) is 0 Å². The molecule has 12 heavy (non-hydrogen) atoms. The highest BCUT2D eigenvalue weighted by Crippen LogP contribution is 2.47. The first-order chi connectivity index (χ1) is 5.58. The summed E-state index contributed by atoms with van der Waals surface area (Å²) in [6, 6.07) is -1.02. The lowest BCUT2D eigenvalue weighted by Gasteiger charge is -2.19. The van der Waals surface area contributed by atoms with Gasteiger partial charge in [0.15, 0.2) is 0 Å². The molecule has 0 fully saturated rings. The van der Waals surface area contributed by atoms with Gasteiger partial charge in [-0.3, -0.25) is 4.57 Å². The van der Waals surface area contributed by atoms with E-state index in [-0.39, 0.29) is 6.16 Å². The molecule has 0 bridgehead atoms. The summed E-state index contributed by atoms with van der Waals surface area (Å²) in [4.78, 5) is 9.36. The summed E-state index contributed by atoms with van der Waals surface area (Å²) in [5.41, 5.74) is 5.20. The molecule has 3 N–H and O–H groups in total. The van der Waals surface area contributed by atoms with Crippen LogP contribution >= 0.6 is 7.37 Å². The summed E-state index contributed by atoms with van der Waals surface area (Å²) in [5, 5.41) is 0. The number of ether oxygens (including phenoxy) is 2. The van der Waals surface area contributed by atoms with Crippen LogP contribution < -0.4 is 5.73 Å². The molecule has 1 atom stereocenters.